The molecule has 0 spiro atoms. The number of amides is 2. The van der Waals surface area contributed by atoms with Gasteiger partial charge in [-0.25, -0.2) is 4.79 Å². The second-order valence-corrected chi connectivity index (χ2v) is 14.4. The number of halogens is 2. The van der Waals surface area contributed by atoms with Gasteiger partial charge in [-0.2, -0.15) is 0 Å². The van der Waals surface area contributed by atoms with E-state index in [9.17, 15) is 29.1 Å². The number of carbonyl (C=O) groups is 5. The lowest BCUT2D eigenvalue weighted by molar-refractivity contribution is -0.889. The SMILES string of the molecule is CCCCCC(OC(=O)C[N+](C)(C)CCOC(C)=O)C(O)C/C=C\CCCCCCCC(=O)NCCNC(=O)CC[N+](C)(C)CCOC(C)=O.[Cl-].[Cl-]. The molecular formula is C37H70Cl2N4O9. The molecule has 3 N–H and O–H groups in total. The van der Waals surface area contributed by atoms with Crippen molar-refractivity contribution in [2.45, 2.75) is 116 Å². The fourth-order valence-corrected chi connectivity index (χ4v) is 5.11. The maximum Gasteiger partial charge on any atom is 0.362 e. The molecule has 0 aromatic rings. The molecule has 0 aliphatic rings. The average molecular weight is 786 g/mol. The van der Waals surface area contributed by atoms with Gasteiger partial charge in [0, 0.05) is 33.4 Å². The minimum atomic E-state index is -0.770. The third-order valence-electron chi connectivity index (χ3n) is 8.40. The van der Waals surface area contributed by atoms with E-state index in [1.807, 2.05) is 34.3 Å². The normalized spacial score (nSPS) is 12.5. The molecule has 0 fully saturated rings. The molecule has 306 valence electrons. The van der Waals surface area contributed by atoms with Gasteiger partial charge < -0.3 is 63.7 Å². The molecule has 15 heteroatoms. The molecule has 0 radical (unpaired) electrons. The van der Waals surface area contributed by atoms with Crippen LogP contribution >= 0.6 is 0 Å². The predicted molar refractivity (Wildman–Crippen MR) is 194 cm³/mol. The van der Waals surface area contributed by atoms with Crippen LogP contribution in [0.15, 0.2) is 12.2 Å². The molecule has 0 saturated heterocycles. The molecule has 0 aromatic heterocycles. The molecule has 2 unspecified atom stereocenters. The number of rotatable bonds is 30. The van der Waals surface area contributed by atoms with E-state index in [1.165, 1.54) is 13.8 Å². The van der Waals surface area contributed by atoms with Crippen LogP contribution in [0.5, 0.6) is 0 Å². The highest BCUT2D eigenvalue weighted by Crippen LogP contribution is 2.16. The van der Waals surface area contributed by atoms with Crippen molar-refractivity contribution in [2.24, 2.45) is 0 Å². The lowest BCUT2D eigenvalue weighted by Crippen LogP contribution is -3.00. The molecule has 52 heavy (non-hydrogen) atoms. The van der Waals surface area contributed by atoms with Gasteiger partial charge in [0.15, 0.2) is 6.54 Å². The van der Waals surface area contributed by atoms with E-state index in [1.54, 1.807) is 0 Å². The van der Waals surface area contributed by atoms with E-state index in [0.29, 0.717) is 74.0 Å². The van der Waals surface area contributed by atoms with Crippen molar-refractivity contribution in [1.29, 1.82) is 0 Å². The quantitative estimate of drug-likeness (QED) is 0.0234. The number of nitrogens with zero attached hydrogens (tertiary/aromatic N) is 2. The summed E-state index contributed by atoms with van der Waals surface area (Å²) in [7, 11) is 7.72. The summed E-state index contributed by atoms with van der Waals surface area (Å²) in [5, 5.41) is 16.5. The second kappa shape index (κ2) is 32.0. The molecule has 2 atom stereocenters. The summed E-state index contributed by atoms with van der Waals surface area (Å²) in [4.78, 5) is 58.9. The highest BCUT2D eigenvalue weighted by Gasteiger charge is 2.27. The number of unbranched alkanes of at least 4 members (excludes halogenated alkanes) is 7. The van der Waals surface area contributed by atoms with Crippen LogP contribution in [0, 0.1) is 0 Å². The van der Waals surface area contributed by atoms with Crippen LogP contribution in [-0.4, -0.2) is 137 Å². The number of hydrogen-bond acceptors (Lipinski definition) is 9. The smallest absolute Gasteiger partial charge is 0.362 e. The van der Waals surface area contributed by atoms with E-state index in [0.717, 1.165) is 57.8 Å². The van der Waals surface area contributed by atoms with E-state index in [-0.39, 0.29) is 67.7 Å². The third-order valence-corrected chi connectivity index (χ3v) is 8.40. The maximum atomic E-state index is 12.7. The average Bonchev–Trinajstić information content (AvgIpc) is 3.01. The Balaban J connectivity index is -0.0000120. The number of ether oxygens (including phenoxy) is 3. The zero-order valence-corrected chi connectivity index (χ0v) is 34.5. The predicted octanol–water partition coefficient (Wildman–Crippen LogP) is -2.57. The molecule has 0 bridgehead atoms. The molecule has 0 aromatic carbocycles. The Labute approximate surface area is 325 Å². The number of quaternary nitrogens is 2. The molecule has 0 saturated carbocycles. The Morgan fingerprint density at radius 2 is 1.23 bits per heavy atom. The summed E-state index contributed by atoms with van der Waals surface area (Å²) in [6.07, 6.45) is 13.3. The van der Waals surface area contributed by atoms with Crippen LogP contribution in [0.4, 0.5) is 0 Å². The van der Waals surface area contributed by atoms with Gasteiger partial charge in [0.25, 0.3) is 0 Å². The largest absolute Gasteiger partial charge is 1.00 e. The van der Waals surface area contributed by atoms with Crippen molar-refractivity contribution in [1.82, 2.24) is 10.6 Å². The number of aliphatic hydroxyl groups excluding tert-OH is 1. The van der Waals surface area contributed by atoms with E-state index < -0.39 is 12.2 Å². The molecule has 0 aliphatic heterocycles. The Morgan fingerprint density at radius 1 is 0.692 bits per heavy atom. The summed E-state index contributed by atoms with van der Waals surface area (Å²) in [6, 6.07) is 0. The minimum absolute atomic E-state index is 0. The van der Waals surface area contributed by atoms with Crippen LogP contribution in [0.2, 0.25) is 0 Å². The lowest BCUT2D eigenvalue weighted by Gasteiger charge is -2.30. The van der Waals surface area contributed by atoms with Gasteiger partial charge in [0.1, 0.15) is 32.4 Å². The zero-order chi connectivity index (χ0) is 37.8. The van der Waals surface area contributed by atoms with Crippen LogP contribution in [-0.2, 0) is 38.2 Å². The van der Waals surface area contributed by atoms with E-state index in [2.05, 4.69) is 23.6 Å². The number of esters is 3. The number of nitrogens with one attached hydrogen (secondary N) is 2. The van der Waals surface area contributed by atoms with Crippen molar-refractivity contribution in [3.8, 4) is 0 Å². The van der Waals surface area contributed by atoms with Gasteiger partial charge in [-0.05, 0) is 38.5 Å². The van der Waals surface area contributed by atoms with E-state index in [4.69, 9.17) is 14.2 Å². The first-order valence-electron chi connectivity index (χ1n) is 18.5. The maximum absolute atomic E-state index is 12.7. The highest BCUT2D eigenvalue weighted by molar-refractivity contribution is 5.77. The monoisotopic (exact) mass is 784 g/mol. The van der Waals surface area contributed by atoms with Gasteiger partial charge in [0.2, 0.25) is 11.8 Å². The van der Waals surface area contributed by atoms with Crippen LogP contribution in [0.3, 0.4) is 0 Å². The molecule has 2 amide bonds. The van der Waals surface area contributed by atoms with Crippen molar-refractivity contribution >= 4 is 29.7 Å². The topological polar surface area (TPSA) is 157 Å². The molecule has 0 aliphatic carbocycles. The number of allylic oxidation sites excluding steroid dienone is 1. The number of likely N-dealkylation sites (N-methyl/N-ethyl adjacent to an activating group) is 2. The number of hydrogen-bond donors (Lipinski definition) is 3. The van der Waals surface area contributed by atoms with Gasteiger partial charge in [-0.1, -0.05) is 51.2 Å². The van der Waals surface area contributed by atoms with Crippen molar-refractivity contribution in [3.05, 3.63) is 12.2 Å². The van der Waals surface area contributed by atoms with Crippen molar-refractivity contribution < 1.29 is 77.1 Å². The lowest BCUT2D eigenvalue weighted by atomic mass is 10.0. The van der Waals surface area contributed by atoms with Crippen LogP contribution < -0.4 is 35.4 Å². The first-order chi connectivity index (χ1) is 23.6. The molecule has 13 nitrogen and oxygen atoms in total. The second-order valence-electron chi connectivity index (χ2n) is 14.4. The molecular weight excluding hydrogens is 715 g/mol. The molecule has 0 rings (SSSR count). The summed E-state index contributed by atoms with van der Waals surface area (Å²) >= 11 is 0. The standard InChI is InChI=1S/C37H68N4O9.2ClH/c1-8-9-16-20-34(50-37(47)30-41(6,7)27-29-49-32(3)43)33(44)19-17-14-12-10-11-13-15-18-21-35(45)38-23-24-39-36(46)22-25-40(4,5)26-28-48-31(2)42;;/h14,17,33-34,44H,8-13,15-16,18-30H2,1-7H3;2*1H/b17-14-;;. The van der Waals surface area contributed by atoms with Gasteiger partial charge in [0.05, 0.1) is 47.3 Å². The Hall–Kier alpha value is -2.45. The van der Waals surface area contributed by atoms with E-state index >= 15 is 0 Å². The van der Waals surface area contributed by atoms with Crippen molar-refractivity contribution in [3.63, 3.8) is 0 Å². The first-order valence-corrected chi connectivity index (χ1v) is 18.5. The Morgan fingerprint density at radius 3 is 1.81 bits per heavy atom. The fraction of sp³-hybridized carbons (Fsp3) is 0.811. The van der Waals surface area contributed by atoms with Crippen LogP contribution in [0.25, 0.3) is 0 Å². The Bertz CT molecular complexity index is 1030. The number of carbonyl (C=O) groups excluding carboxylic acids is 5. The molecule has 0 heterocycles. The third kappa shape index (κ3) is 33.4. The van der Waals surface area contributed by atoms with Gasteiger partial charge in [-0.3, -0.25) is 19.2 Å². The van der Waals surface area contributed by atoms with Crippen LogP contribution in [0.1, 0.15) is 104 Å². The Kier molecular flexibility index (Phi) is 33.2. The fourth-order valence-electron chi connectivity index (χ4n) is 5.11. The van der Waals surface area contributed by atoms with Gasteiger partial charge >= 0.3 is 17.9 Å². The summed E-state index contributed by atoms with van der Waals surface area (Å²) in [5.41, 5.74) is 0. The zero-order valence-electron chi connectivity index (χ0n) is 33.0. The first kappa shape index (κ1) is 53.9. The summed E-state index contributed by atoms with van der Waals surface area (Å²) in [5.74, 6) is -1.10. The van der Waals surface area contributed by atoms with Crippen molar-refractivity contribution in [2.75, 3.05) is 80.7 Å². The summed E-state index contributed by atoms with van der Waals surface area (Å²) in [6.45, 7) is 8.05. The summed E-state index contributed by atoms with van der Waals surface area (Å²) < 4.78 is 16.6. The minimum Gasteiger partial charge on any atom is -1.00 e. The highest BCUT2D eigenvalue weighted by atomic mass is 35.5. The number of aliphatic hydroxyl groups is 1. The van der Waals surface area contributed by atoms with Gasteiger partial charge in [-0.15, -0.1) is 0 Å².